The fourth-order valence-corrected chi connectivity index (χ4v) is 1.62. The van der Waals surface area contributed by atoms with Crippen LogP contribution in [0, 0.1) is 0 Å². The Morgan fingerprint density at radius 3 is 2.41 bits per heavy atom. The first kappa shape index (κ1) is 17.5. The van der Waals surface area contributed by atoms with Gasteiger partial charge in [0.05, 0.1) is 5.02 Å². The van der Waals surface area contributed by atoms with Gasteiger partial charge in [-0.2, -0.15) is 8.42 Å². The summed E-state index contributed by atoms with van der Waals surface area (Å²) in [5.74, 6) is 0.352. The van der Waals surface area contributed by atoms with Crippen LogP contribution >= 0.6 is 23.2 Å². The van der Waals surface area contributed by atoms with E-state index in [1.54, 1.807) is 6.07 Å². The largest absolute Gasteiger partial charge is 0.490 e. The van der Waals surface area contributed by atoms with Crippen molar-refractivity contribution in [3.05, 3.63) is 28.2 Å². The molecule has 91 valence electrons. The topological polar surface area (TPSA) is 72.8 Å². The molecule has 0 heterocycles. The van der Waals surface area contributed by atoms with Gasteiger partial charge in [-0.1, -0.05) is 23.2 Å². The molecule has 1 aromatic rings. The third kappa shape index (κ3) is 7.48. The third-order valence-electron chi connectivity index (χ3n) is 1.47. The van der Waals surface area contributed by atoms with Crippen LogP contribution < -0.4 is 4.74 Å². The number of hydrogen-bond acceptors (Lipinski definition) is 4. The molecule has 0 fully saturated rings. The van der Waals surface area contributed by atoms with Gasteiger partial charge in [-0.05, 0) is 18.2 Å². The van der Waals surface area contributed by atoms with E-state index in [1.165, 1.54) is 12.1 Å². The van der Waals surface area contributed by atoms with Crippen LogP contribution in [0.2, 0.25) is 10.0 Å². The molecular weight excluding hydrogens is 302 g/mol. The quantitative estimate of drug-likeness (QED) is 0.510. The van der Waals surface area contributed by atoms with Crippen LogP contribution in [0.15, 0.2) is 18.2 Å². The van der Waals surface area contributed by atoms with Crippen molar-refractivity contribution in [2.45, 2.75) is 0 Å². The first-order valence-corrected chi connectivity index (χ1v) is 6.20. The van der Waals surface area contributed by atoms with Crippen molar-refractivity contribution in [1.82, 2.24) is 0 Å². The smallest absolute Gasteiger partial charge is 0.397 e. The van der Waals surface area contributed by atoms with Crippen molar-refractivity contribution >= 4 is 63.2 Å². The fourth-order valence-electron chi connectivity index (χ4n) is 0.883. The molecule has 0 spiro atoms. The van der Waals surface area contributed by atoms with Crippen LogP contribution in [-0.4, -0.2) is 55.7 Å². The molecule has 0 aliphatic heterocycles. The van der Waals surface area contributed by atoms with E-state index in [2.05, 4.69) is 4.18 Å². The summed E-state index contributed by atoms with van der Waals surface area (Å²) < 4.78 is 37.8. The number of rotatable bonds is 5. The maximum absolute atomic E-state index is 10.2. The first-order chi connectivity index (χ1) is 7.38. The minimum absolute atomic E-state index is 0. The molecule has 0 aromatic heterocycles. The zero-order valence-electron chi connectivity index (χ0n) is 8.89. The monoisotopic (exact) mass is 309 g/mol. The van der Waals surface area contributed by atoms with Crippen molar-refractivity contribution in [3.8, 4) is 5.75 Å². The maximum atomic E-state index is 10.2. The molecule has 1 rings (SSSR count). The van der Waals surface area contributed by atoms with E-state index < -0.39 is 10.4 Å². The number of ether oxygens (including phenoxy) is 1. The Kier molecular flexibility index (Phi) is 8.02. The summed E-state index contributed by atoms with van der Waals surface area (Å²) >= 11 is 11.4. The second-order valence-corrected chi connectivity index (χ2v) is 4.61. The number of benzene rings is 1. The first-order valence-electron chi connectivity index (χ1n) is 4.08. The maximum Gasteiger partial charge on any atom is 0.397 e. The van der Waals surface area contributed by atoms with Gasteiger partial charge in [0.2, 0.25) is 0 Å². The van der Waals surface area contributed by atoms with E-state index in [0.29, 0.717) is 15.8 Å². The van der Waals surface area contributed by atoms with Crippen molar-refractivity contribution in [2.24, 2.45) is 0 Å². The van der Waals surface area contributed by atoms with Crippen LogP contribution in [0.4, 0.5) is 0 Å². The normalized spacial score (nSPS) is 10.8. The van der Waals surface area contributed by atoms with Crippen molar-refractivity contribution < 1.29 is 21.9 Å². The van der Waals surface area contributed by atoms with E-state index in [0.717, 1.165) is 0 Å². The van der Waals surface area contributed by atoms with Gasteiger partial charge in [0.25, 0.3) is 0 Å². The molecular formula is C8H8Cl2NaO5S. The molecule has 1 radical (unpaired) electrons. The number of hydrogen-bond donors (Lipinski definition) is 1. The van der Waals surface area contributed by atoms with Crippen LogP contribution in [0.5, 0.6) is 5.75 Å². The van der Waals surface area contributed by atoms with Crippen molar-refractivity contribution in [3.63, 3.8) is 0 Å². The van der Waals surface area contributed by atoms with Gasteiger partial charge in [-0.3, -0.25) is 4.55 Å². The van der Waals surface area contributed by atoms with Crippen molar-refractivity contribution in [1.29, 1.82) is 0 Å². The standard InChI is InChI=1S/C8H8Cl2O5S.Na/c9-6-1-2-8(7(10)5-6)14-3-4-15-16(11,12)13;/h1-2,5H,3-4H2,(H,11,12,13);. The molecule has 0 amide bonds. The van der Waals surface area contributed by atoms with E-state index in [9.17, 15) is 8.42 Å². The van der Waals surface area contributed by atoms with Gasteiger partial charge in [0, 0.05) is 34.6 Å². The van der Waals surface area contributed by atoms with Crippen molar-refractivity contribution in [2.75, 3.05) is 13.2 Å². The Morgan fingerprint density at radius 1 is 1.24 bits per heavy atom. The molecule has 1 N–H and O–H groups in total. The molecule has 17 heavy (non-hydrogen) atoms. The second kappa shape index (κ2) is 7.81. The zero-order valence-corrected chi connectivity index (χ0v) is 13.2. The molecule has 5 nitrogen and oxygen atoms in total. The van der Waals surface area contributed by atoms with Gasteiger partial charge >= 0.3 is 10.4 Å². The molecule has 0 unspecified atom stereocenters. The minimum atomic E-state index is -4.43. The summed E-state index contributed by atoms with van der Waals surface area (Å²) in [6.07, 6.45) is 0. The Bertz CT molecular complexity index is 465. The predicted octanol–water partition coefficient (Wildman–Crippen LogP) is 1.81. The summed E-state index contributed by atoms with van der Waals surface area (Å²) in [7, 11) is -4.43. The Hall–Kier alpha value is 0.470. The average molecular weight is 310 g/mol. The third-order valence-corrected chi connectivity index (χ3v) is 2.46. The Balaban J connectivity index is 0.00000256. The second-order valence-electron chi connectivity index (χ2n) is 2.67. The molecule has 0 aliphatic rings. The van der Waals surface area contributed by atoms with Crippen LogP contribution in [-0.2, 0) is 14.6 Å². The summed E-state index contributed by atoms with van der Waals surface area (Å²) in [6, 6.07) is 4.60. The molecule has 0 atom stereocenters. The van der Waals surface area contributed by atoms with Gasteiger partial charge in [0.1, 0.15) is 19.0 Å². The summed E-state index contributed by atoms with van der Waals surface area (Å²) in [6.45, 7) is -0.376. The van der Waals surface area contributed by atoms with Crippen LogP contribution in [0.25, 0.3) is 0 Å². The van der Waals surface area contributed by atoms with Crippen LogP contribution in [0.1, 0.15) is 0 Å². The van der Waals surface area contributed by atoms with Gasteiger partial charge in [0.15, 0.2) is 0 Å². The minimum Gasteiger partial charge on any atom is -0.490 e. The average Bonchev–Trinajstić information content (AvgIpc) is 2.13. The zero-order chi connectivity index (χ0) is 12.2. The molecule has 0 aliphatic carbocycles. The molecule has 0 saturated carbocycles. The number of halogens is 2. The fraction of sp³-hybridized carbons (Fsp3) is 0.250. The Labute approximate surface area is 131 Å². The Morgan fingerprint density at radius 2 is 1.88 bits per heavy atom. The van der Waals surface area contributed by atoms with Gasteiger partial charge in [-0.25, -0.2) is 4.18 Å². The molecule has 9 heteroatoms. The summed E-state index contributed by atoms with van der Waals surface area (Å²) in [5, 5.41) is 0.769. The summed E-state index contributed by atoms with van der Waals surface area (Å²) in [5.41, 5.74) is 0. The SMILES string of the molecule is O=S(=O)(O)OCCOc1ccc(Cl)cc1Cl.[Na]. The van der Waals surface area contributed by atoms with Gasteiger partial charge < -0.3 is 4.74 Å². The molecule has 0 bridgehead atoms. The predicted molar refractivity (Wildman–Crippen MR) is 65.2 cm³/mol. The van der Waals surface area contributed by atoms with E-state index in [1.807, 2.05) is 0 Å². The van der Waals surface area contributed by atoms with E-state index in [-0.39, 0.29) is 42.8 Å². The molecule has 1 aromatic carbocycles. The van der Waals surface area contributed by atoms with E-state index in [4.69, 9.17) is 32.5 Å². The van der Waals surface area contributed by atoms with Gasteiger partial charge in [-0.15, -0.1) is 0 Å². The molecule has 0 saturated heterocycles. The van der Waals surface area contributed by atoms with Crippen LogP contribution in [0.3, 0.4) is 0 Å². The van der Waals surface area contributed by atoms with E-state index >= 15 is 0 Å². The summed E-state index contributed by atoms with van der Waals surface area (Å²) in [4.78, 5) is 0.